The van der Waals surface area contributed by atoms with Gasteiger partial charge in [-0.25, -0.2) is 4.68 Å². The molecule has 0 bridgehead atoms. The van der Waals surface area contributed by atoms with Crippen LogP contribution in [-0.2, 0) is 6.54 Å². The lowest BCUT2D eigenvalue weighted by Gasteiger charge is -2.22. The largest absolute Gasteiger partial charge is 0.333 e. The standard InChI is InChI=1S/C23H21N5O4/c1-3-12-26(15-18-10-8-17(14-24)9-11-18)23(30)22-21(29)13-16(2)27(25-22)19-6-4-5-7-20(19)28(31)32/h4-11,13H,3,12,15H2,1-2H3. The Morgan fingerprint density at radius 3 is 2.53 bits per heavy atom. The van der Waals surface area contributed by atoms with E-state index in [1.54, 1.807) is 37.3 Å². The van der Waals surface area contributed by atoms with Gasteiger partial charge in [-0.2, -0.15) is 10.4 Å². The van der Waals surface area contributed by atoms with E-state index < -0.39 is 16.3 Å². The predicted octanol–water partition coefficient (Wildman–Crippen LogP) is 3.37. The summed E-state index contributed by atoms with van der Waals surface area (Å²) in [6.45, 7) is 4.13. The third-order valence-corrected chi connectivity index (χ3v) is 4.85. The molecular formula is C23H21N5O4. The summed E-state index contributed by atoms with van der Waals surface area (Å²) in [6.07, 6.45) is 0.659. The van der Waals surface area contributed by atoms with E-state index in [1.165, 1.54) is 33.8 Å². The van der Waals surface area contributed by atoms with Gasteiger partial charge in [-0.3, -0.25) is 19.7 Å². The van der Waals surface area contributed by atoms with Crippen LogP contribution in [0.5, 0.6) is 0 Å². The minimum Gasteiger partial charge on any atom is -0.333 e. The summed E-state index contributed by atoms with van der Waals surface area (Å²) in [7, 11) is 0. The van der Waals surface area contributed by atoms with Crippen LogP contribution >= 0.6 is 0 Å². The van der Waals surface area contributed by atoms with E-state index >= 15 is 0 Å². The van der Waals surface area contributed by atoms with E-state index in [1.807, 2.05) is 13.0 Å². The number of rotatable bonds is 7. The third-order valence-electron chi connectivity index (χ3n) is 4.85. The van der Waals surface area contributed by atoms with Crippen LogP contribution in [0.4, 0.5) is 5.69 Å². The lowest BCUT2D eigenvalue weighted by molar-refractivity contribution is -0.384. The van der Waals surface area contributed by atoms with Crippen molar-refractivity contribution in [2.75, 3.05) is 6.54 Å². The molecule has 32 heavy (non-hydrogen) atoms. The van der Waals surface area contributed by atoms with Gasteiger partial charge in [-0.05, 0) is 37.1 Å². The SMILES string of the molecule is CCCN(Cc1ccc(C#N)cc1)C(=O)c1nn(-c2ccccc2[N+](=O)[O-])c(C)cc1=O. The Morgan fingerprint density at radius 2 is 1.91 bits per heavy atom. The van der Waals surface area contributed by atoms with E-state index in [9.17, 15) is 19.7 Å². The first kappa shape index (κ1) is 22.4. The second-order valence-corrected chi connectivity index (χ2v) is 7.19. The Kier molecular flexibility index (Phi) is 6.75. The average Bonchev–Trinajstić information content (AvgIpc) is 2.79. The molecule has 0 saturated carbocycles. The lowest BCUT2D eigenvalue weighted by Crippen LogP contribution is -2.36. The maximum absolute atomic E-state index is 13.3. The molecule has 1 heterocycles. The fourth-order valence-electron chi connectivity index (χ4n) is 3.31. The maximum atomic E-state index is 13.3. The molecule has 9 nitrogen and oxygen atoms in total. The maximum Gasteiger partial charge on any atom is 0.294 e. The van der Waals surface area contributed by atoms with Crippen molar-refractivity contribution in [3.63, 3.8) is 0 Å². The molecule has 9 heteroatoms. The summed E-state index contributed by atoms with van der Waals surface area (Å²) in [5.41, 5.74) is 0.798. The van der Waals surface area contributed by atoms with Gasteiger partial charge in [0.25, 0.3) is 11.6 Å². The summed E-state index contributed by atoms with van der Waals surface area (Å²) in [6, 6.07) is 16.1. The van der Waals surface area contributed by atoms with Crippen molar-refractivity contribution in [1.82, 2.24) is 14.7 Å². The van der Waals surface area contributed by atoms with Gasteiger partial charge < -0.3 is 4.90 Å². The first-order chi connectivity index (χ1) is 15.3. The Labute approximate surface area is 184 Å². The third kappa shape index (κ3) is 4.70. The fourth-order valence-corrected chi connectivity index (χ4v) is 3.31. The zero-order chi connectivity index (χ0) is 23.3. The highest BCUT2D eigenvalue weighted by atomic mass is 16.6. The highest BCUT2D eigenvalue weighted by Crippen LogP contribution is 2.22. The average molecular weight is 431 g/mol. The second kappa shape index (κ2) is 9.66. The summed E-state index contributed by atoms with van der Waals surface area (Å²) in [5.74, 6) is -0.562. The molecule has 0 aliphatic heterocycles. The Morgan fingerprint density at radius 1 is 1.22 bits per heavy atom. The number of amides is 1. The molecule has 0 spiro atoms. The zero-order valence-corrected chi connectivity index (χ0v) is 17.7. The smallest absolute Gasteiger partial charge is 0.294 e. The number of nitriles is 1. The highest BCUT2D eigenvalue weighted by Gasteiger charge is 2.23. The van der Waals surface area contributed by atoms with Crippen LogP contribution in [0.25, 0.3) is 5.69 Å². The molecule has 0 N–H and O–H groups in total. The quantitative estimate of drug-likeness (QED) is 0.417. The fraction of sp³-hybridized carbons (Fsp3) is 0.217. The number of aryl methyl sites for hydroxylation is 1. The van der Waals surface area contributed by atoms with Crippen molar-refractivity contribution in [1.29, 1.82) is 5.26 Å². The number of carbonyl (C=O) groups excluding carboxylic acids is 1. The van der Waals surface area contributed by atoms with E-state index in [0.29, 0.717) is 24.2 Å². The minimum absolute atomic E-state index is 0.165. The molecule has 0 fully saturated rings. The van der Waals surface area contributed by atoms with Gasteiger partial charge in [-0.1, -0.05) is 31.2 Å². The van der Waals surface area contributed by atoms with Crippen molar-refractivity contribution in [2.45, 2.75) is 26.8 Å². The number of hydrogen-bond acceptors (Lipinski definition) is 6. The molecule has 0 unspecified atom stereocenters. The first-order valence-corrected chi connectivity index (χ1v) is 9.98. The molecule has 0 radical (unpaired) electrons. The molecule has 1 amide bonds. The molecule has 162 valence electrons. The summed E-state index contributed by atoms with van der Waals surface area (Å²) in [4.78, 5) is 38.3. The van der Waals surface area contributed by atoms with Crippen molar-refractivity contribution >= 4 is 11.6 Å². The van der Waals surface area contributed by atoms with Crippen LogP contribution in [0, 0.1) is 28.4 Å². The molecular weight excluding hydrogens is 410 g/mol. The van der Waals surface area contributed by atoms with Crippen molar-refractivity contribution in [3.8, 4) is 11.8 Å². The summed E-state index contributed by atoms with van der Waals surface area (Å²) >= 11 is 0. The van der Waals surface area contributed by atoms with Gasteiger partial charge in [0.2, 0.25) is 5.43 Å². The van der Waals surface area contributed by atoms with Gasteiger partial charge in [-0.15, -0.1) is 0 Å². The topological polar surface area (TPSA) is 122 Å². The number of benzene rings is 2. The Bertz CT molecular complexity index is 1260. The van der Waals surface area contributed by atoms with Crippen LogP contribution in [-0.4, -0.2) is 32.1 Å². The number of carbonyl (C=O) groups is 1. The second-order valence-electron chi connectivity index (χ2n) is 7.19. The Balaban J connectivity index is 2.02. The number of hydrogen-bond donors (Lipinski definition) is 0. The minimum atomic E-state index is -0.562. The summed E-state index contributed by atoms with van der Waals surface area (Å²) < 4.78 is 1.25. The zero-order valence-electron chi connectivity index (χ0n) is 17.7. The van der Waals surface area contributed by atoms with Gasteiger partial charge in [0.15, 0.2) is 5.69 Å². The van der Waals surface area contributed by atoms with Crippen molar-refractivity contribution in [3.05, 3.63) is 97.4 Å². The van der Waals surface area contributed by atoms with Crippen molar-refractivity contribution in [2.24, 2.45) is 0 Å². The van der Waals surface area contributed by atoms with E-state index in [-0.39, 0.29) is 23.6 Å². The molecule has 2 aromatic carbocycles. The highest BCUT2D eigenvalue weighted by molar-refractivity contribution is 5.92. The number of nitro benzene ring substituents is 1. The lowest BCUT2D eigenvalue weighted by atomic mass is 10.1. The van der Waals surface area contributed by atoms with Gasteiger partial charge in [0, 0.05) is 30.9 Å². The number of aromatic nitrogens is 2. The predicted molar refractivity (Wildman–Crippen MR) is 117 cm³/mol. The van der Waals surface area contributed by atoms with Gasteiger partial charge in [0.05, 0.1) is 16.6 Å². The molecule has 0 aliphatic rings. The Hall–Kier alpha value is -4.32. The number of para-hydroxylation sites is 2. The van der Waals surface area contributed by atoms with E-state index in [2.05, 4.69) is 5.10 Å². The van der Waals surface area contributed by atoms with Crippen LogP contribution in [0.15, 0.2) is 59.4 Å². The molecule has 3 aromatic rings. The molecule has 0 aliphatic carbocycles. The number of nitro groups is 1. The molecule has 1 aromatic heterocycles. The van der Waals surface area contributed by atoms with Crippen LogP contribution in [0.2, 0.25) is 0 Å². The van der Waals surface area contributed by atoms with Gasteiger partial charge >= 0.3 is 0 Å². The monoisotopic (exact) mass is 431 g/mol. The van der Waals surface area contributed by atoms with Crippen molar-refractivity contribution < 1.29 is 9.72 Å². The normalized spacial score (nSPS) is 10.4. The van der Waals surface area contributed by atoms with Gasteiger partial charge in [0.1, 0.15) is 5.69 Å². The van der Waals surface area contributed by atoms with Crippen LogP contribution in [0.3, 0.4) is 0 Å². The summed E-state index contributed by atoms with van der Waals surface area (Å²) in [5, 5.41) is 24.6. The number of nitrogens with zero attached hydrogens (tertiary/aromatic N) is 5. The molecule has 3 rings (SSSR count). The first-order valence-electron chi connectivity index (χ1n) is 9.98. The van der Waals surface area contributed by atoms with Crippen LogP contribution in [0.1, 0.15) is 40.7 Å². The van der Waals surface area contributed by atoms with E-state index in [0.717, 1.165) is 5.56 Å². The van der Waals surface area contributed by atoms with E-state index in [4.69, 9.17) is 5.26 Å². The molecule has 0 saturated heterocycles. The molecule has 0 atom stereocenters. The van der Waals surface area contributed by atoms with Crippen LogP contribution < -0.4 is 5.43 Å².